The predicted molar refractivity (Wildman–Crippen MR) is 109 cm³/mol. The van der Waals surface area contributed by atoms with Crippen LogP contribution >= 0.6 is 0 Å². The van der Waals surface area contributed by atoms with E-state index < -0.39 is 0 Å². The molecule has 0 fully saturated rings. The highest BCUT2D eigenvalue weighted by molar-refractivity contribution is 5.40. The minimum atomic E-state index is -0.0432. The second kappa shape index (κ2) is 10.5. The van der Waals surface area contributed by atoms with E-state index in [-0.39, 0.29) is 5.41 Å². The van der Waals surface area contributed by atoms with Crippen LogP contribution in [0.25, 0.3) is 0 Å². The SMILES string of the molecule is C=COCCOC1=CC=C(C(C)(C)c2ccc(OCCOC=C)cc2)CC1. The van der Waals surface area contributed by atoms with Crippen LogP contribution in [0.4, 0.5) is 0 Å². The Balaban J connectivity index is 1.94. The lowest BCUT2D eigenvalue weighted by atomic mass is 9.74. The second-order valence-electron chi connectivity index (χ2n) is 6.75. The average molecular weight is 370 g/mol. The largest absolute Gasteiger partial charge is 0.498 e. The number of allylic oxidation sites excluding steroid dienone is 4. The molecule has 0 unspecified atom stereocenters. The van der Waals surface area contributed by atoms with Gasteiger partial charge in [-0.05, 0) is 30.2 Å². The van der Waals surface area contributed by atoms with Crippen LogP contribution in [0.1, 0.15) is 32.3 Å². The van der Waals surface area contributed by atoms with Crippen LogP contribution in [0.5, 0.6) is 5.75 Å². The van der Waals surface area contributed by atoms with Crippen LogP contribution in [0.2, 0.25) is 0 Å². The summed E-state index contributed by atoms with van der Waals surface area (Å²) >= 11 is 0. The summed E-state index contributed by atoms with van der Waals surface area (Å²) in [6, 6.07) is 8.29. The number of hydrogen-bond acceptors (Lipinski definition) is 4. The van der Waals surface area contributed by atoms with Gasteiger partial charge < -0.3 is 18.9 Å². The first-order chi connectivity index (χ1) is 13.1. The molecule has 0 atom stereocenters. The van der Waals surface area contributed by atoms with Crippen molar-refractivity contribution in [3.8, 4) is 5.75 Å². The van der Waals surface area contributed by atoms with Crippen molar-refractivity contribution in [3.05, 3.63) is 79.0 Å². The molecule has 146 valence electrons. The molecule has 1 aliphatic carbocycles. The summed E-state index contributed by atoms with van der Waals surface area (Å²) in [5, 5.41) is 0. The molecule has 0 saturated carbocycles. The first kappa shape index (κ1) is 20.7. The molecule has 0 radical (unpaired) electrons. The summed E-state index contributed by atoms with van der Waals surface area (Å²) in [7, 11) is 0. The molecule has 1 aromatic rings. The van der Waals surface area contributed by atoms with Gasteiger partial charge in [-0.3, -0.25) is 0 Å². The van der Waals surface area contributed by atoms with E-state index in [1.807, 2.05) is 12.1 Å². The maximum absolute atomic E-state index is 5.73. The van der Waals surface area contributed by atoms with Gasteiger partial charge in [0, 0.05) is 11.8 Å². The Morgan fingerprint density at radius 1 is 0.852 bits per heavy atom. The van der Waals surface area contributed by atoms with Gasteiger partial charge in [0.25, 0.3) is 0 Å². The second-order valence-corrected chi connectivity index (χ2v) is 6.75. The minimum absolute atomic E-state index is 0.0432. The van der Waals surface area contributed by atoms with Gasteiger partial charge in [-0.15, -0.1) is 0 Å². The molecule has 27 heavy (non-hydrogen) atoms. The first-order valence-electron chi connectivity index (χ1n) is 9.29. The van der Waals surface area contributed by atoms with Crippen LogP contribution in [-0.4, -0.2) is 26.4 Å². The fourth-order valence-corrected chi connectivity index (χ4v) is 3.01. The van der Waals surface area contributed by atoms with Crippen molar-refractivity contribution < 1.29 is 18.9 Å². The minimum Gasteiger partial charge on any atom is -0.498 e. The molecule has 0 N–H and O–H groups in total. The molecule has 1 aromatic carbocycles. The maximum Gasteiger partial charge on any atom is 0.122 e. The molecule has 0 aliphatic heterocycles. The Labute approximate surface area is 162 Å². The van der Waals surface area contributed by atoms with Gasteiger partial charge in [0.15, 0.2) is 0 Å². The standard InChI is InChI=1S/C23H30O4/c1-5-24-15-17-26-21-11-7-19(8-12-21)23(3,4)20-9-13-22(14-10-20)27-18-16-25-6-2/h5-9,11-13H,1-2,10,14-18H2,3-4H3. The normalized spacial score (nSPS) is 13.9. The highest BCUT2D eigenvalue weighted by atomic mass is 16.5. The van der Waals surface area contributed by atoms with Crippen LogP contribution < -0.4 is 4.74 Å². The quantitative estimate of drug-likeness (QED) is 0.370. The zero-order valence-electron chi connectivity index (χ0n) is 16.4. The van der Waals surface area contributed by atoms with E-state index in [1.165, 1.54) is 23.7 Å². The van der Waals surface area contributed by atoms with E-state index in [9.17, 15) is 0 Å². The molecule has 0 aromatic heterocycles. The Bertz CT molecular complexity index is 668. The fraction of sp³-hybridized carbons (Fsp3) is 0.391. The van der Waals surface area contributed by atoms with Crippen molar-refractivity contribution in [1.82, 2.24) is 0 Å². The van der Waals surface area contributed by atoms with E-state index in [0.29, 0.717) is 26.4 Å². The van der Waals surface area contributed by atoms with Crippen molar-refractivity contribution in [1.29, 1.82) is 0 Å². The monoisotopic (exact) mass is 370 g/mol. The predicted octanol–water partition coefficient (Wildman–Crippen LogP) is 5.28. The van der Waals surface area contributed by atoms with Crippen LogP contribution in [0.3, 0.4) is 0 Å². The lowest BCUT2D eigenvalue weighted by molar-refractivity contribution is 0.127. The topological polar surface area (TPSA) is 36.9 Å². The summed E-state index contributed by atoms with van der Waals surface area (Å²) in [6.45, 7) is 13.6. The lowest BCUT2D eigenvalue weighted by Crippen LogP contribution is -2.22. The number of rotatable bonds is 12. The van der Waals surface area contributed by atoms with Crippen LogP contribution in [0, 0.1) is 0 Å². The molecular weight excluding hydrogens is 340 g/mol. The Morgan fingerprint density at radius 2 is 1.48 bits per heavy atom. The Hall–Kier alpha value is -2.62. The molecule has 0 spiro atoms. The van der Waals surface area contributed by atoms with Gasteiger partial charge in [0.1, 0.15) is 32.2 Å². The highest BCUT2D eigenvalue weighted by Crippen LogP contribution is 2.37. The summed E-state index contributed by atoms with van der Waals surface area (Å²) < 4.78 is 21.5. The van der Waals surface area contributed by atoms with Crippen molar-refractivity contribution in [3.63, 3.8) is 0 Å². The van der Waals surface area contributed by atoms with Gasteiger partial charge in [0.05, 0.1) is 18.3 Å². The third-order valence-electron chi connectivity index (χ3n) is 4.68. The van der Waals surface area contributed by atoms with E-state index in [0.717, 1.165) is 24.4 Å². The average Bonchev–Trinajstić information content (AvgIpc) is 2.69. The molecule has 0 heterocycles. The summed E-state index contributed by atoms with van der Waals surface area (Å²) in [5.74, 6) is 1.85. The molecule has 1 aliphatic rings. The van der Waals surface area contributed by atoms with Crippen molar-refractivity contribution >= 4 is 0 Å². The van der Waals surface area contributed by atoms with E-state index in [2.05, 4.69) is 51.3 Å². The van der Waals surface area contributed by atoms with Gasteiger partial charge in [-0.1, -0.05) is 50.8 Å². The van der Waals surface area contributed by atoms with Crippen molar-refractivity contribution in [2.75, 3.05) is 26.4 Å². The van der Waals surface area contributed by atoms with E-state index >= 15 is 0 Å². The first-order valence-corrected chi connectivity index (χ1v) is 9.29. The number of ether oxygens (including phenoxy) is 4. The molecule has 0 bridgehead atoms. The molecule has 0 saturated heterocycles. The molecule has 4 nitrogen and oxygen atoms in total. The molecule has 2 rings (SSSR count). The van der Waals surface area contributed by atoms with Crippen molar-refractivity contribution in [2.24, 2.45) is 0 Å². The van der Waals surface area contributed by atoms with Crippen LogP contribution in [0.15, 0.2) is 73.4 Å². The third-order valence-corrected chi connectivity index (χ3v) is 4.68. The highest BCUT2D eigenvalue weighted by Gasteiger charge is 2.26. The Morgan fingerprint density at radius 3 is 2.04 bits per heavy atom. The van der Waals surface area contributed by atoms with Gasteiger partial charge in [-0.25, -0.2) is 0 Å². The third kappa shape index (κ3) is 6.24. The van der Waals surface area contributed by atoms with Gasteiger partial charge in [-0.2, -0.15) is 0 Å². The number of benzene rings is 1. The number of hydrogen-bond donors (Lipinski definition) is 0. The Kier molecular flexibility index (Phi) is 8.05. The van der Waals surface area contributed by atoms with Crippen molar-refractivity contribution in [2.45, 2.75) is 32.1 Å². The molecule has 0 amide bonds. The summed E-state index contributed by atoms with van der Waals surface area (Å²) in [6.07, 6.45) is 9.01. The fourth-order valence-electron chi connectivity index (χ4n) is 3.01. The molecular formula is C23H30O4. The maximum atomic E-state index is 5.73. The van der Waals surface area contributed by atoms with Gasteiger partial charge >= 0.3 is 0 Å². The lowest BCUT2D eigenvalue weighted by Gasteiger charge is -2.31. The smallest absolute Gasteiger partial charge is 0.122 e. The zero-order valence-corrected chi connectivity index (χ0v) is 16.4. The summed E-state index contributed by atoms with van der Waals surface area (Å²) in [4.78, 5) is 0. The van der Waals surface area contributed by atoms with E-state index in [4.69, 9.17) is 18.9 Å². The van der Waals surface area contributed by atoms with E-state index in [1.54, 1.807) is 0 Å². The molecule has 4 heteroatoms. The van der Waals surface area contributed by atoms with Gasteiger partial charge in [0.2, 0.25) is 0 Å². The van der Waals surface area contributed by atoms with Crippen LogP contribution in [-0.2, 0) is 19.6 Å². The summed E-state index contributed by atoms with van der Waals surface area (Å²) in [5.41, 5.74) is 2.61. The zero-order chi connectivity index (χ0) is 19.5.